The predicted molar refractivity (Wildman–Crippen MR) is 82.5 cm³/mol. The van der Waals surface area contributed by atoms with Gasteiger partial charge in [0, 0.05) is 30.3 Å². The molecule has 0 aliphatic rings. The Morgan fingerprint density at radius 3 is 2.85 bits per heavy atom. The molecule has 0 heterocycles. The quantitative estimate of drug-likeness (QED) is 0.789. The van der Waals surface area contributed by atoms with E-state index in [1.54, 1.807) is 12.1 Å². The van der Waals surface area contributed by atoms with E-state index in [0.717, 1.165) is 12.1 Å². The van der Waals surface area contributed by atoms with E-state index in [4.69, 9.17) is 5.73 Å². The lowest BCUT2D eigenvalue weighted by atomic mass is 10.1. The zero-order chi connectivity index (χ0) is 15.0. The molecule has 0 bridgehead atoms. The van der Waals surface area contributed by atoms with Gasteiger partial charge in [-0.25, -0.2) is 0 Å². The summed E-state index contributed by atoms with van der Waals surface area (Å²) in [5, 5.41) is 2.91. The second-order valence-corrected chi connectivity index (χ2v) is 4.92. The van der Waals surface area contributed by atoms with Crippen molar-refractivity contribution in [3.63, 3.8) is 0 Å². The Balaban J connectivity index is 2.55. The van der Waals surface area contributed by atoms with Crippen LogP contribution in [-0.2, 0) is 0 Å². The van der Waals surface area contributed by atoms with E-state index in [0.29, 0.717) is 24.7 Å². The second kappa shape index (κ2) is 8.36. The third-order valence-corrected chi connectivity index (χ3v) is 3.09. The highest BCUT2D eigenvalue weighted by molar-refractivity contribution is 5.94. The molecule has 1 aromatic rings. The van der Waals surface area contributed by atoms with E-state index in [2.05, 4.69) is 35.9 Å². The SMILES string of the molecule is CC(C)N(C)CCNC(=O)c1cccc(C#CCN)c1. The number of likely N-dealkylation sites (N-methyl/N-ethyl adjacent to an activating group) is 1. The second-order valence-electron chi connectivity index (χ2n) is 4.92. The molecule has 0 saturated heterocycles. The van der Waals surface area contributed by atoms with E-state index < -0.39 is 0 Å². The number of nitrogens with zero attached hydrogens (tertiary/aromatic N) is 1. The Morgan fingerprint density at radius 2 is 2.20 bits per heavy atom. The van der Waals surface area contributed by atoms with Gasteiger partial charge in [0.25, 0.3) is 5.91 Å². The number of carbonyl (C=O) groups is 1. The van der Waals surface area contributed by atoms with Gasteiger partial charge < -0.3 is 16.0 Å². The van der Waals surface area contributed by atoms with Gasteiger partial charge in [-0.1, -0.05) is 17.9 Å². The fourth-order valence-electron chi connectivity index (χ4n) is 1.60. The normalized spacial score (nSPS) is 10.3. The third kappa shape index (κ3) is 5.43. The van der Waals surface area contributed by atoms with Crippen molar-refractivity contribution in [2.24, 2.45) is 5.73 Å². The first-order valence-corrected chi connectivity index (χ1v) is 6.82. The molecule has 108 valence electrons. The summed E-state index contributed by atoms with van der Waals surface area (Å²) in [5.41, 5.74) is 6.77. The Bertz CT molecular complexity index is 500. The summed E-state index contributed by atoms with van der Waals surface area (Å²) in [4.78, 5) is 14.2. The number of benzene rings is 1. The number of nitrogens with two attached hydrogens (primary N) is 1. The lowest BCUT2D eigenvalue weighted by Crippen LogP contribution is -2.36. The highest BCUT2D eigenvalue weighted by atomic mass is 16.1. The molecular weight excluding hydrogens is 250 g/mol. The molecular formula is C16H23N3O. The van der Waals surface area contributed by atoms with Gasteiger partial charge in [-0.2, -0.15) is 0 Å². The summed E-state index contributed by atoms with van der Waals surface area (Å²) in [5.74, 6) is 5.64. The van der Waals surface area contributed by atoms with Crippen LogP contribution in [0, 0.1) is 11.8 Å². The highest BCUT2D eigenvalue weighted by Gasteiger charge is 2.07. The average molecular weight is 273 g/mol. The van der Waals surface area contributed by atoms with Crippen LogP contribution in [0.15, 0.2) is 24.3 Å². The molecule has 0 atom stereocenters. The molecule has 0 aliphatic carbocycles. The Kier molecular flexibility index (Phi) is 6.78. The summed E-state index contributed by atoms with van der Waals surface area (Å²) < 4.78 is 0. The zero-order valence-corrected chi connectivity index (χ0v) is 12.4. The Labute approximate surface area is 121 Å². The third-order valence-electron chi connectivity index (χ3n) is 3.09. The van der Waals surface area contributed by atoms with E-state index >= 15 is 0 Å². The van der Waals surface area contributed by atoms with Crippen LogP contribution in [0.4, 0.5) is 0 Å². The molecule has 0 aromatic heterocycles. The fourth-order valence-corrected chi connectivity index (χ4v) is 1.60. The lowest BCUT2D eigenvalue weighted by Gasteiger charge is -2.20. The molecule has 1 rings (SSSR count). The first-order chi connectivity index (χ1) is 9.54. The molecule has 4 nitrogen and oxygen atoms in total. The van der Waals surface area contributed by atoms with Crippen LogP contribution in [0.1, 0.15) is 29.8 Å². The molecule has 0 aliphatic heterocycles. The van der Waals surface area contributed by atoms with Gasteiger partial charge in [-0.15, -0.1) is 0 Å². The van der Waals surface area contributed by atoms with Crippen LogP contribution in [0.2, 0.25) is 0 Å². The monoisotopic (exact) mass is 273 g/mol. The van der Waals surface area contributed by atoms with E-state index in [9.17, 15) is 4.79 Å². The first-order valence-electron chi connectivity index (χ1n) is 6.82. The van der Waals surface area contributed by atoms with E-state index in [1.807, 2.05) is 19.2 Å². The van der Waals surface area contributed by atoms with Gasteiger partial charge in [0.2, 0.25) is 0 Å². The highest BCUT2D eigenvalue weighted by Crippen LogP contribution is 2.04. The van der Waals surface area contributed by atoms with Crippen molar-refractivity contribution >= 4 is 5.91 Å². The molecule has 0 spiro atoms. The molecule has 0 fully saturated rings. The van der Waals surface area contributed by atoms with Crippen molar-refractivity contribution in [2.75, 3.05) is 26.7 Å². The molecule has 20 heavy (non-hydrogen) atoms. The van der Waals surface area contributed by atoms with Crippen molar-refractivity contribution in [1.82, 2.24) is 10.2 Å². The van der Waals surface area contributed by atoms with Crippen LogP contribution >= 0.6 is 0 Å². The van der Waals surface area contributed by atoms with Crippen molar-refractivity contribution in [2.45, 2.75) is 19.9 Å². The summed E-state index contributed by atoms with van der Waals surface area (Å²) in [6.07, 6.45) is 0. The van der Waals surface area contributed by atoms with E-state index in [-0.39, 0.29) is 5.91 Å². The maximum absolute atomic E-state index is 12.0. The Hall–Kier alpha value is -1.83. The lowest BCUT2D eigenvalue weighted by molar-refractivity contribution is 0.0948. The molecule has 3 N–H and O–H groups in total. The van der Waals surface area contributed by atoms with Gasteiger partial charge in [-0.3, -0.25) is 4.79 Å². The van der Waals surface area contributed by atoms with Gasteiger partial charge >= 0.3 is 0 Å². The number of rotatable bonds is 5. The topological polar surface area (TPSA) is 58.4 Å². The molecule has 4 heteroatoms. The number of nitrogens with one attached hydrogen (secondary N) is 1. The van der Waals surface area contributed by atoms with Crippen LogP contribution in [0.25, 0.3) is 0 Å². The smallest absolute Gasteiger partial charge is 0.251 e. The maximum atomic E-state index is 12.0. The fraction of sp³-hybridized carbons (Fsp3) is 0.438. The summed E-state index contributed by atoms with van der Waals surface area (Å²) in [6, 6.07) is 7.74. The summed E-state index contributed by atoms with van der Waals surface area (Å²) in [7, 11) is 2.04. The van der Waals surface area contributed by atoms with Crippen molar-refractivity contribution in [3.8, 4) is 11.8 Å². The Morgan fingerprint density at radius 1 is 1.45 bits per heavy atom. The molecule has 0 radical (unpaired) electrons. The summed E-state index contributed by atoms with van der Waals surface area (Å²) in [6.45, 7) is 6.03. The molecule has 1 aromatic carbocycles. The molecule has 0 unspecified atom stereocenters. The number of hydrogen-bond acceptors (Lipinski definition) is 3. The van der Waals surface area contributed by atoms with Gasteiger partial charge in [0.1, 0.15) is 0 Å². The van der Waals surface area contributed by atoms with Crippen LogP contribution in [0.5, 0.6) is 0 Å². The average Bonchev–Trinajstić information content (AvgIpc) is 2.45. The minimum atomic E-state index is -0.0708. The predicted octanol–water partition coefficient (Wildman–Crippen LogP) is 1.07. The minimum Gasteiger partial charge on any atom is -0.351 e. The first kappa shape index (κ1) is 16.2. The zero-order valence-electron chi connectivity index (χ0n) is 12.4. The van der Waals surface area contributed by atoms with Crippen molar-refractivity contribution < 1.29 is 4.79 Å². The number of amides is 1. The molecule has 1 amide bonds. The van der Waals surface area contributed by atoms with Crippen molar-refractivity contribution in [3.05, 3.63) is 35.4 Å². The minimum absolute atomic E-state index is 0.0708. The van der Waals surface area contributed by atoms with Crippen molar-refractivity contribution in [1.29, 1.82) is 0 Å². The largest absolute Gasteiger partial charge is 0.351 e. The number of carbonyl (C=O) groups excluding carboxylic acids is 1. The van der Waals surface area contributed by atoms with Crippen LogP contribution < -0.4 is 11.1 Å². The van der Waals surface area contributed by atoms with Gasteiger partial charge in [-0.05, 0) is 39.1 Å². The van der Waals surface area contributed by atoms with Crippen LogP contribution in [0.3, 0.4) is 0 Å². The molecule has 0 saturated carbocycles. The van der Waals surface area contributed by atoms with E-state index in [1.165, 1.54) is 0 Å². The standard InChI is InChI=1S/C16H23N3O/c1-13(2)19(3)11-10-18-16(20)15-8-4-6-14(12-15)7-5-9-17/h4,6,8,12-13H,9-11,17H2,1-3H3,(H,18,20). The van der Waals surface area contributed by atoms with Crippen LogP contribution in [-0.4, -0.2) is 43.5 Å². The van der Waals surface area contributed by atoms with Gasteiger partial charge in [0.15, 0.2) is 0 Å². The maximum Gasteiger partial charge on any atom is 0.251 e. The van der Waals surface area contributed by atoms with Gasteiger partial charge in [0.05, 0.1) is 6.54 Å². The summed E-state index contributed by atoms with van der Waals surface area (Å²) >= 11 is 0. The number of hydrogen-bond donors (Lipinski definition) is 2.